The minimum Gasteiger partial charge on any atom is -0.0857 e. The average Bonchev–Trinajstić information content (AvgIpc) is 2.21. The van der Waals surface area contributed by atoms with Gasteiger partial charge in [0.2, 0.25) is 0 Å². The summed E-state index contributed by atoms with van der Waals surface area (Å²) in [6.07, 6.45) is 3.98. The second-order valence-corrected chi connectivity index (χ2v) is 5.56. The van der Waals surface area contributed by atoms with Gasteiger partial charge >= 0.3 is 0 Å². The van der Waals surface area contributed by atoms with Crippen molar-refractivity contribution in [3.8, 4) is 0 Å². The topological polar surface area (TPSA) is 0 Å². The lowest BCUT2D eigenvalue weighted by molar-refractivity contribution is 0.634. The zero-order valence-electron chi connectivity index (χ0n) is 8.47. The lowest BCUT2D eigenvalue weighted by atomic mass is 9.96. The van der Waals surface area contributed by atoms with Crippen LogP contribution in [0.1, 0.15) is 37.7 Å². The predicted molar refractivity (Wildman–Crippen MR) is 80.3 cm³/mol. The quantitative estimate of drug-likeness (QED) is 0.470. The van der Waals surface area contributed by atoms with Crippen molar-refractivity contribution in [2.45, 2.75) is 32.1 Å². The number of alkyl halides is 1. The molecule has 0 aromatic heterocycles. The van der Waals surface area contributed by atoms with Crippen LogP contribution in [-0.2, 0) is 0 Å². The fourth-order valence-corrected chi connectivity index (χ4v) is 3.32. The molecule has 0 nitrogen and oxygen atoms in total. The van der Waals surface area contributed by atoms with Gasteiger partial charge in [0.15, 0.2) is 0 Å². The van der Waals surface area contributed by atoms with E-state index in [9.17, 15) is 0 Å². The monoisotopic (exact) mass is 414 g/mol. The summed E-state index contributed by atoms with van der Waals surface area (Å²) in [6, 6.07) is 8.76. The van der Waals surface area contributed by atoms with Gasteiger partial charge in [-0.05, 0) is 46.6 Å². The molecule has 0 aliphatic carbocycles. The Bertz CT molecular complexity index is 271. The van der Waals surface area contributed by atoms with Crippen molar-refractivity contribution >= 4 is 45.2 Å². The van der Waals surface area contributed by atoms with Crippen LogP contribution >= 0.6 is 45.2 Å². The van der Waals surface area contributed by atoms with Gasteiger partial charge in [0.05, 0.1) is 0 Å². The molecule has 1 rings (SSSR count). The highest BCUT2D eigenvalue weighted by Crippen LogP contribution is 2.27. The minimum atomic E-state index is 0.753. The van der Waals surface area contributed by atoms with Crippen LogP contribution in [0.3, 0.4) is 0 Å². The fraction of sp³-hybridized carbons (Fsp3) is 0.500. The summed E-state index contributed by atoms with van der Waals surface area (Å²) >= 11 is 4.95. The van der Waals surface area contributed by atoms with E-state index in [2.05, 4.69) is 76.4 Å². The molecule has 1 unspecified atom stereocenters. The van der Waals surface area contributed by atoms with Gasteiger partial charge in [-0.1, -0.05) is 60.6 Å². The first kappa shape index (κ1) is 12.7. The number of rotatable bonds is 5. The number of unbranched alkanes of at least 4 members (excludes halogenated alkanes) is 1. The van der Waals surface area contributed by atoms with Crippen LogP contribution in [0.4, 0.5) is 0 Å². The van der Waals surface area contributed by atoms with E-state index in [0.29, 0.717) is 0 Å². The summed E-state index contributed by atoms with van der Waals surface area (Å²) in [5.41, 5.74) is 1.54. The summed E-state index contributed by atoms with van der Waals surface area (Å²) in [5.74, 6) is 0.753. The van der Waals surface area contributed by atoms with E-state index in [-0.39, 0.29) is 0 Å². The van der Waals surface area contributed by atoms with Crippen LogP contribution in [0, 0.1) is 3.57 Å². The van der Waals surface area contributed by atoms with Crippen LogP contribution < -0.4 is 0 Å². The van der Waals surface area contributed by atoms with Crippen molar-refractivity contribution in [2.75, 3.05) is 4.43 Å². The standard InChI is InChI=1S/C12H16I2/c1-2-3-6-10(9-13)11-7-4-5-8-12(11)14/h4-5,7-8,10H,2-3,6,9H2,1H3. The molecular weight excluding hydrogens is 398 g/mol. The van der Waals surface area contributed by atoms with Crippen LogP contribution in [0.25, 0.3) is 0 Å². The fourth-order valence-electron chi connectivity index (χ4n) is 1.57. The summed E-state index contributed by atoms with van der Waals surface area (Å²) in [7, 11) is 0. The number of hydrogen-bond acceptors (Lipinski definition) is 0. The Morgan fingerprint density at radius 2 is 2.00 bits per heavy atom. The Kier molecular flexibility index (Phi) is 6.41. The van der Waals surface area contributed by atoms with Gasteiger partial charge in [0.1, 0.15) is 0 Å². The summed E-state index contributed by atoms with van der Waals surface area (Å²) in [4.78, 5) is 0. The molecule has 0 spiro atoms. The highest BCUT2D eigenvalue weighted by Gasteiger charge is 2.11. The first-order chi connectivity index (χ1) is 6.79. The molecule has 0 saturated carbocycles. The number of benzene rings is 1. The lowest BCUT2D eigenvalue weighted by Gasteiger charge is -2.15. The first-order valence-corrected chi connectivity index (χ1v) is 7.70. The summed E-state index contributed by atoms with van der Waals surface area (Å²) in [6.45, 7) is 2.26. The van der Waals surface area contributed by atoms with Crippen LogP contribution in [0.15, 0.2) is 24.3 Å². The highest BCUT2D eigenvalue weighted by atomic mass is 127. The zero-order valence-corrected chi connectivity index (χ0v) is 12.8. The molecule has 0 fully saturated rings. The molecular formula is C12H16I2. The zero-order chi connectivity index (χ0) is 10.4. The van der Waals surface area contributed by atoms with Gasteiger partial charge in [-0.15, -0.1) is 0 Å². The third kappa shape index (κ3) is 3.68. The van der Waals surface area contributed by atoms with Crippen molar-refractivity contribution in [2.24, 2.45) is 0 Å². The largest absolute Gasteiger partial charge is 0.0857 e. The SMILES string of the molecule is CCCCC(CI)c1ccccc1I. The molecule has 2 heteroatoms. The molecule has 0 heterocycles. The molecule has 0 radical (unpaired) electrons. The van der Waals surface area contributed by atoms with E-state index in [1.807, 2.05) is 0 Å². The lowest BCUT2D eigenvalue weighted by Crippen LogP contribution is -2.02. The molecule has 0 saturated heterocycles. The van der Waals surface area contributed by atoms with Crippen molar-refractivity contribution in [3.63, 3.8) is 0 Å². The smallest absolute Gasteiger partial charge is 0.0165 e. The van der Waals surface area contributed by atoms with E-state index in [0.717, 1.165) is 5.92 Å². The van der Waals surface area contributed by atoms with E-state index < -0.39 is 0 Å². The predicted octanol–water partition coefficient (Wildman–Crippen LogP) is 5.00. The molecule has 14 heavy (non-hydrogen) atoms. The normalized spacial score (nSPS) is 12.8. The molecule has 0 aliphatic heterocycles. The van der Waals surface area contributed by atoms with E-state index in [4.69, 9.17) is 0 Å². The number of hydrogen-bond donors (Lipinski definition) is 0. The Labute approximate surface area is 114 Å². The van der Waals surface area contributed by atoms with Crippen LogP contribution in [0.5, 0.6) is 0 Å². The molecule has 1 atom stereocenters. The van der Waals surface area contributed by atoms with Gasteiger partial charge in [0.25, 0.3) is 0 Å². The van der Waals surface area contributed by atoms with Crippen LogP contribution in [0.2, 0.25) is 0 Å². The molecule has 1 aromatic carbocycles. The molecule has 0 amide bonds. The third-order valence-corrected chi connectivity index (χ3v) is 4.48. The Morgan fingerprint density at radius 3 is 2.57 bits per heavy atom. The van der Waals surface area contributed by atoms with E-state index in [1.165, 1.54) is 32.8 Å². The van der Waals surface area contributed by atoms with Gasteiger partial charge in [-0.3, -0.25) is 0 Å². The number of halogens is 2. The third-order valence-electron chi connectivity index (χ3n) is 2.44. The second kappa shape index (κ2) is 7.04. The van der Waals surface area contributed by atoms with Crippen molar-refractivity contribution in [1.29, 1.82) is 0 Å². The molecule has 78 valence electrons. The summed E-state index contributed by atoms with van der Waals surface area (Å²) < 4.78 is 2.65. The second-order valence-electron chi connectivity index (χ2n) is 3.51. The van der Waals surface area contributed by atoms with Crippen molar-refractivity contribution < 1.29 is 0 Å². The van der Waals surface area contributed by atoms with Gasteiger partial charge in [-0.2, -0.15) is 0 Å². The van der Waals surface area contributed by atoms with Crippen LogP contribution in [-0.4, -0.2) is 4.43 Å². The molecule has 0 aliphatic rings. The molecule has 0 N–H and O–H groups in total. The maximum atomic E-state index is 2.51. The van der Waals surface area contributed by atoms with Gasteiger partial charge < -0.3 is 0 Å². The Balaban J connectivity index is 2.73. The Morgan fingerprint density at radius 1 is 1.29 bits per heavy atom. The van der Waals surface area contributed by atoms with Crippen molar-refractivity contribution in [3.05, 3.63) is 33.4 Å². The first-order valence-electron chi connectivity index (χ1n) is 5.10. The maximum absolute atomic E-state index is 2.51. The molecule has 1 aromatic rings. The summed E-state index contributed by atoms with van der Waals surface area (Å²) in [5, 5.41) is 0. The van der Waals surface area contributed by atoms with Gasteiger partial charge in [0, 0.05) is 8.00 Å². The van der Waals surface area contributed by atoms with E-state index >= 15 is 0 Å². The molecule has 0 bridgehead atoms. The minimum absolute atomic E-state index is 0.753. The van der Waals surface area contributed by atoms with E-state index in [1.54, 1.807) is 0 Å². The Hall–Kier alpha value is 0.680. The maximum Gasteiger partial charge on any atom is 0.0165 e. The average molecular weight is 414 g/mol. The van der Waals surface area contributed by atoms with Crippen molar-refractivity contribution in [1.82, 2.24) is 0 Å². The van der Waals surface area contributed by atoms with Gasteiger partial charge in [-0.25, -0.2) is 0 Å². The highest BCUT2D eigenvalue weighted by molar-refractivity contribution is 14.1.